The van der Waals surface area contributed by atoms with Crippen LogP contribution in [0.5, 0.6) is 0 Å². The van der Waals surface area contributed by atoms with Gasteiger partial charge in [-0.15, -0.1) is 0 Å². The summed E-state index contributed by atoms with van der Waals surface area (Å²) in [5.74, 6) is 0.597. The minimum absolute atomic E-state index is 0.143. The highest BCUT2D eigenvalue weighted by atomic mass is 32.2. The SMILES string of the molecule is Cc1ccccc1[C@@H]1[C@H]2CN(CCCO)C[C@H]2CN1S(=O)(=O)c1ccccc1. The first-order valence-electron chi connectivity index (χ1n) is 9.98. The number of hydrogen-bond donors (Lipinski definition) is 1. The first kappa shape index (κ1) is 19.6. The molecule has 0 bridgehead atoms. The van der Waals surface area contributed by atoms with Crippen molar-refractivity contribution in [1.82, 2.24) is 9.21 Å². The summed E-state index contributed by atoms with van der Waals surface area (Å²) in [6.07, 6.45) is 0.764. The summed E-state index contributed by atoms with van der Waals surface area (Å²) < 4.78 is 28.7. The lowest BCUT2D eigenvalue weighted by Gasteiger charge is -2.30. The number of benzene rings is 2. The van der Waals surface area contributed by atoms with E-state index in [1.165, 1.54) is 0 Å². The van der Waals surface area contributed by atoms with Crippen molar-refractivity contribution in [2.75, 3.05) is 32.8 Å². The molecule has 0 aliphatic carbocycles. The molecule has 6 heteroatoms. The lowest BCUT2D eigenvalue weighted by molar-refractivity contribution is 0.227. The van der Waals surface area contributed by atoms with Gasteiger partial charge in [0.05, 0.1) is 10.9 Å². The smallest absolute Gasteiger partial charge is 0.243 e. The van der Waals surface area contributed by atoms with E-state index in [-0.39, 0.29) is 18.6 Å². The fraction of sp³-hybridized carbons (Fsp3) is 0.455. The number of fused-ring (bicyclic) bond motifs is 1. The Labute approximate surface area is 167 Å². The number of aliphatic hydroxyl groups is 1. The van der Waals surface area contributed by atoms with E-state index < -0.39 is 10.0 Å². The number of nitrogens with zero attached hydrogens (tertiary/aromatic N) is 2. The van der Waals surface area contributed by atoms with E-state index in [2.05, 4.69) is 24.0 Å². The zero-order valence-corrected chi connectivity index (χ0v) is 17.1. The fourth-order valence-corrected chi connectivity index (χ4v) is 6.58. The Balaban J connectivity index is 1.71. The van der Waals surface area contributed by atoms with Gasteiger partial charge >= 0.3 is 0 Å². The number of sulfonamides is 1. The second-order valence-corrected chi connectivity index (χ2v) is 9.84. The quantitative estimate of drug-likeness (QED) is 0.810. The molecule has 5 nitrogen and oxygen atoms in total. The summed E-state index contributed by atoms with van der Waals surface area (Å²) in [5.41, 5.74) is 2.24. The third kappa shape index (κ3) is 3.50. The maximum absolute atomic E-state index is 13.5. The van der Waals surface area contributed by atoms with Crippen LogP contribution in [0.2, 0.25) is 0 Å². The van der Waals surface area contributed by atoms with Crippen LogP contribution in [0.15, 0.2) is 59.5 Å². The molecule has 2 saturated heterocycles. The van der Waals surface area contributed by atoms with Crippen molar-refractivity contribution in [3.8, 4) is 0 Å². The van der Waals surface area contributed by atoms with Crippen LogP contribution in [0.4, 0.5) is 0 Å². The Hall–Kier alpha value is -1.73. The molecule has 2 aromatic carbocycles. The number of likely N-dealkylation sites (tertiary alicyclic amines) is 1. The van der Waals surface area contributed by atoms with Crippen LogP contribution in [-0.2, 0) is 10.0 Å². The highest BCUT2D eigenvalue weighted by Gasteiger charge is 2.51. The molecule has 28 heavy (non-hydrogen) atoms. The Morgan fingerprint density at radius 1 is 1.00 bits per heavy atom. The minimum atomic E-state index is -3.55. The van der Waals surface area contributed by atoms with Gasteiger partial charge in [0.1, 0.15) is 0 Å². The van der Waals surface area contributed by atoms with Crippen LogP contribution in [0.1, 0.15) is 23.6 Å². The third-order valence-corrected chi connectivity index (χ3v) is 8.05. The predicted octanol–water partition coefficient (Wildman–Crippen LogP) is 2.67. The average Bonchev–Trinajstić information content (AvgIpc) is 3.25. The van der Waals surface area contributed by atoms with Gasteiger partial charge in [-0.05, 0) is 48.4 Å². The molecule has 0 saturated carbocycles. The maximum atomic E-state index is 13.5. The lowest BCUT2D eigenvalue weighted by atomic mass is 9.88. The highest BCUT2D eigenvalue weighted by Crippen LogP contribution is 2.48. The fourth-order valence-electron chi connectivity index (χ4n) is 4.85. The van der Waals surface area contributed by atoms with Gasteiger partial charge in [-0.25, -0.2) is 8.42 Å². The van der Waals surface area contributed by atoms with E-state index in [0.29, 0.717) is 17.4 Å². The number of rotatable bonds is 6. The standard InChI is InChI=1S/C22H28N2O3S/c1-17-8-5-6-11-20(17)22-21-16-23(12-7-13-25)14-18(21)15-24(22)28(26,27)19-9-3-2-4-10-19/h2-6,8-11,18,21-22,25H,7,12-16H2,1H3/t18-,21-,22+/m0/s1. The topological polar surface area (TPSA) is 60.9 Å². The van der Waals surface area contributed by atoms with Crippen molar-refractivity contribution in [3.05, 3.63) is 65.7 Å². The molecule has 0 amide bonds. The molecule has 0 radical (unpaired) electrons. The van der Waals surface area contributed by atoms with Gasteiger partial charge in [0.25, 0.3) is 0 Å². The van der Waals surface area contributed by atoms with Gasteiger partial charge in [-0.3, -0.25) is 0 Å². The molecule has 2 fully saturated rings. The predicted molar refractivity (Wildman–Crippen MR) is 109 cm³/mol. The third-order valence-electron chi connectivity index (χ3n) is 6.19. The summed E-state index contributed by atoms with van der Waals surface area (Å²) >= 11 is 0. The number of hydrogen-bond acceptors (Lipinski definition) is 4. The van der Waals surface area contributed by atoms with Crippen LogP contribution in [-0.4, -0.2) is 55.5 Å². The first-order valence-corrected chi connectivity index (χ1v) is 11.4. The zero-order valence-electron chi connectivity index (χ0n) is 16.2. The molecular formula is C22H28N2O3S. The number of aliphatic hydroxyl groups excluding tert-OH is 1. The van der Waals surface area contributed by atoms with Crippen molar-refractivity contribution in [2.24, 2.45) is 11.8 Å². The Morgan fingerprint density at radius 3 is 2.43 bits per heavy atom. The summed E-state index contributed by atoms with van der Waals surface area (Å²) in [4.78, 5) is 2.74. The second-order valence-electron chi connectivity index (χ2n) is 7.95. The minimum Gasteiger partial charge on any atom is -0.396 e. The van der Waals surface area contributed by atoms with Crippen molar-refractivity contribution in [1.29, 1.82) is 0 Å². The second kappa shape index (κ2) is 7.95. The molecule has 0 spiro atoms. The van der Waals surface area contributed by atoms with E-state index in [9.17, 15) is 8.42 Å². The molecule has 2 aliphatic rings. The van der Waals surface area contributed by atoms with Gasteiger partial charge in [0, 0.05) is 32.8 Å². The lowest BCUT2D eigenvalue weighted by Crippen LogP contribution is -2.36. The van der Waals surface area contributed by atoms with Crippen LogP contribution in [0.25, 0.3) is 0 Å². The molecule has 150 valence electrons. The van der Waals surface area contributed by atoms with Gasteiger partial charge in [-0.1, -0.05) is 42.5 Å². The first-order chi connectivity index (χ1) is 13.5. The van der Waals surface area contributed by atoms with E-state index >= 15 is 0 Å². The molecule has 2 aliphatic heterocycles. The van der Waals surface area contributed by atoms with Crippen LogP contribution >= 0.6 is 0 Å². The van der Waals surface area contributed by atoms with E-state index in [4.69, 9.17) is 5.11 Å². The van der Waals surface area contributed by atoms with Crippen LogP contribution in [0, 0.1) is 18.8 Å². The highest BCUT2D eigenvalue weighted by molar-refractivity contribution is 7.89. The van der Waals surface area contributed by atoms with E-state index in [1.54, 1.807) is 28.6 Å². The summed E-state index contributed by atoms with van der Waals surface area (Å²) in [7, 11) is -3.55. The molecule has 1 N–H and O–H groups in total. The summed E-state index contributed by atoms with van der Waals surface area (Å²) in [6.45, 7) is 5.46. The molecule has 0 aromatic heterocycles. The molecule has 2 aromatic rings. The van der Waals surface area contributed by atoms with Gasteiger partial charge in [0.15, 0.2) is 0 Å². The van der Waals surface area contributed by atoms with Crippen molar-refractivity contribution in [3.63, 3.8) is 0 Å². The van der Waals surface area contributed by atoms with Crippen molar-refractivity contribution >= 4 is 10.0 Å². The Bertz CT molecular complexity index is 916. The zero-order chi connectivity index (χ0) is 19.7. The van der Waals surface area contributed by atoms with E-state index in [0.717, 1.165) is 37.2 Å². The van der Waals surface area contributed by atoms with Crippen molar-refractivity contribution < 1.29 is 13.5 Å². The molecular weight excluding hydrogens is 372 g/mol. The Kier molecular flexibility index (Phi) is 5.56. The average molecular weight is 401 g/mol. The number of aryl methyl sites for hydroxylation is 1. The molecule has 3 atom stereocenters. The van der Waals surface area contributed by atoms with Crippen LogP contribution in [0.3, 0.4) is 0 Å². The van der Waals surface area contributed by atoms with Crippen molar-refractivity contribution in [2.45, 2.75) is 24.3 Å². The van der Waals surface area contributed by atoms with Gasteiger partial charge < -0.3 is 10.0 Å². The molecule has 2 heterocycles. The van der Waals surface area contributed by atoms with Crippen LogP contribution < -0.4 is 0 Å². The van der Waals surface area contributed by atoms with E-state index in [1.807, 2.05) is 18.2 Å². The summed E-state index contributed by atoms with van der Waals surface area (Å²) in [5, 5.41) is 9.16. The van der Waals surface area contributed by atoms with Gasteiger partial charge in [0.2, 0.25) is 10.0 Å². The molecule has 0 unspecified atom stereocenters. The van der Waals surface area contributed by atoms with Gasteiger partial charge in [-0.2, -0.15) is 4.31 Å². The maximum Gasteiger partial charge on any atom is 0.243 e. The Morgan fingerprint density at radius 2 is 1.71 bits per heavy atom. The largest absolute Gasteiger partial charge is 0.396 e. The monoisotopic (exact) mass is 400 g/mol. The molecule has 4 rings (SSSR count). The normalized spacial score (nSPS) is 25.9. The summed E-state index contributed by atoms with van der Waals surface area (Å²) in [6, 6.07) is 16.8.